The minimum Gasteiger partial charge on any atom is -0.323 e. The van der Waals surface area contributed by atoms with E-state index >= 15 is 0 Å². The van der Waals surface area contributed by atoms with Crippen LogP contribution >= 0.6 is 0 Å². The number of hydrogen-bond donors (Lipinski definition) is 2. The Morgan fingerprint density at radius 2 is 1.20 bits per heavy atom. The fourth-order valence-electron chi connectivity index (χ4n) is 2.32. The van der Waals surface area contributed by atoms with Gasteiger partial charge < -0.3 is 11.7 Å². The second kappa shape index (κ2) is 3.83. The molecule has 0 amide bonds. The molecule has 1 fully saturated rings. The molecule has 86 valence electrons. The molecule has 0 saturated heterocycles. The Morgan fingerprint density at radius 1 is 0.867 bits per heavy atom. The fourth-order valence-corrected chi connectivity index (χ4v) is 2.32. The lowest BCUT2D eigenvalue weighted by atomic mass is 9.77. The molecule has 15 heavy (non-hydrogen) atoms. The summed E-state index contributed by atoms with van der Waals surface area (Å²) in [6.45, 7) is 8.58. The van der Waals surface area contributed by atoms with E-state index in [1.165, 1.54) is 0 Å². The van der Waals surface area contributed by atoms with Crippen molar-refractivity contribution in [2.45, 2.75) is 47.0 Å². The van der Waals surface area contributed by atoms with Gasteiger partial charge >= 0.3 is 0 Å². The largest absolute Gasteiger partial charge is 0.323 e. The summed E-state index contributed by atoms with van der Waals surface area (Å²) in [5.41, 5.74) is 1.65. The third-order valence-electron chi connectivity index (χ3n) is 3.37. The molecule has 0 spiro atoms. The summed E-state index contributed by atoms with van der Waals surface area (Å²) in [6, 6.07) is 0. The van der Waals surface area contributed by atoms with E-state index in [2.05, 4.69) is 37.9 Å². The molecule has 1 saturated carbocycles. The van der Waals surface area contributed by atoms with Crippen LogP contribution in [-0.2, 0) is 0 Å². The third kappa shape index (κ3) is 2.13. The summed E-state index contributed by atoms with van der Waals surface area (Å²) < 4.78 is 0. The maximum Gasteiger partial charge on any atom is 0.0894 e. The van der Waals surface area contributed by atoms with Crippen molar-refractivity contribution >= 4 is 11.4 Å². The molecule has 0 atom stereocenters. The Labute approximate surface area is 91.8 Å². The molecular formula is C11H22N4. The summed E-state index contributed by atoms with van der Waals surface area (Å²) in [5.74, 6) is 11.0. The predicted molar refractivity (Wildman–Crippen MR) is 64.7 cm³/mol. The molecule has 0 bridgehead atoms. The van der Waals surface area contributed by atoms with Gasteiger partial charge in [-0.1, -0.05) is 34.1 Å². The first-order valence-corrected chi connectivity index (χ1v) is 5.42. The van der Waals surface area contributed by atoms with E-state index in [4.69, 9.17) is 11.7 Å². The number of nitrogens with zero attached hydrogens (tertiary/aromatic N) is 2. The Bertz CT molecular complexity index is 270. The topological polar surface area (TPSA) is 76.8 Å². The standard InChI is InChI=1S/C11H22N4/c1-10(2)6-5-7-11(3,4)9(15-13)8(10)14-12/h5-7,12-13H2,1-4H3. The van der Waals surface area contributed by atoms with Crippen molar-refractivity contribution < 1.29 is 0 Å². The van der Waals surface area contributed by atoms with Gasteiger partial charge in [-0.3, -0.25) is 0 Å². The highest BCUT2D eigenvalue weighted by molar-refractivity contribution is 6.45. The van der Waals surface area contributed by atoms with E-state index in [1.807, 2.05) is 0 Å². The summed E-state index contributed by atoms with van der Waals surface area (Å²) in [7, 11) is 0. The fraction of sp³-hybridized carbons (Fsp3) is 0.818. The van der Waals surface area contributed by atoms with Gasteiger partial charge in [0.25, 0.3) is 0 Å². The molecule has 1 rings (SSSR count). The van der Waals surface area contributed by atoms with Crippen LogP contribution < -0.4 is 11.7 Å². The summed E-state index contributed by atoms with van der Waals surface area (Å²) in [5, 5.41) is 7.83. The molecule has 4 N–H and O–H groups in total. The Hall–Kier alpha value is -1.06. The zero-order chi connectivity index (χ0) is 11.7. The molecule has 1 aliphatic rings. The molecule has 0 aromatic heterocycles. The van der Waals surface area contributed by atoms with Crippen LogP contribution in [0.4, 0.5) is 0 Å². The van der Waals surface area contributed by atoms with Gasteiger partial charge in [0.1, 0.15) is 0 Å². The van der Waals surface area contributed by atoms with E-state index in [0.717, 1.165) is 30.7 Å². The molecule has 0 aromatic carbocycles. The molecule has 0 radical (unpaired) electrons. The average molecular weight is 210 g/mol. The Kier molecular flexibility index (Phi) is 3.07. The number of hydrogen-bond acceptors (Lipinski definition) is 4. The van der Waals surface area contributed by atoms with Crippen molar-refractivity contribution in [2.75, 3.05) is 0 Å². The van der Waals surface area contributed by atoms with Crippen LogP contribution in [0.25, 0.3) is 0 Å². The smallest absolute Gasteiger partial charge is 0.0894 e. The van der Waals surface area contributed by atoms with Crippen LogP contribution in [-0.4, -0.2) is 11.4 Å². The molecule has 0 aliphatic heterocycles. The summed E-state index contributed by atoms with van der Waals surface area (Å²) in [6.07, 6.45) is 3.30. The predicted octanol–water partition coefficient (Wildman–Crippen LogP) is 1.85. The highest BCUT2D eigenvalue weighted by Gasteiger charge is 2.39. The van der Waals surface area contributed by atoms with Crippen molar-refractivity contribution in [1.82, 2.24) is 0 Å². The summed E-state index contributed by atoms with van der Waals surface area (Å²) in [4.78, 5) is 0. The van der Waals surface area contributed by atoms with Crippen LogP contribution in [0.2, 0.25) is 0 Å². The van der Waals surface area contributed by atoms with Crippen molar-refractivity contribution in [3.05, 3.63) is 0 Å². The van der Waals surface area contributed by atoms with E-state index in [1.54, 1.807) is 0 Å². The Morgan fingerprint density at radius 3 is 1.47 bits per heavy atom. The van der Waals surface area contributed by atoms with Gasteiger partial charge in [0.2, 0.25) is 0 Å². The molecule has 4 nitrogen and oxygen atoms in total. The van der Waals surface area contributed by atoms with Gasteiger partial charge in [-0.15, -0.1) is 0 Å². The molecule has 4 heteroatoms. The first-order valence-electron chi connectivity index (χ1n) is 5.42. The molecular weight excluding hydrogens is 188 g/mol. The lowest BCUT2D eigenvalue weighted by Crippen LogP contribution is -2.38. The number of rotatable bonds is 0. The van der Waals surface area contributed by atoms with E-state index in [0.29, 0.717) is 0 Å². The lowest BCUT2D eigenvalue weighted by molar-refractivity contribution is 0.411. The van der Waals surface area contributed by atoms with Crippen molar-refractivity contribution in [1.29, 1.82) is 0 Å². The molecule has 1 aliphatic carbocycles. The zero-order valence-electron chi connectivity index (χ0n) is 10.2. The van der Waals surface area contributed by atoms with E-state index < -0.39 is 0 Å². The monoisotopic (exact) mass is 210 g/mol. The van der Waals surface area contributed by atoms with Gasteiger partial charge in [-0.25, -0.2) is 0 Å². The SMILES string of the molecule is CC1(C)CCCC(C)(C)C(=NN)C1=NN. The van der Waals surface area contributed by atoms with Crippen LogP contribution in [0, 0.1) is 10.8 Å². The van der Waals surface area contributed by atoms with Gasteiger partial charge in [0.15, 0.2) is 0 Å². The number of nitrogens with two attached hydrogens (primary N) is 2. The van der Waals surface area contributed by atoms with Crippen molar-refractivity contribution in [2.24, 2.45) is 32.7 Å². The average Bonchev–Trinajstić information content (AvgIpc) is 2.19. The first kappa shape index (κ1) is 12.0. The van der Waals surface area contributed by atoms with Gasteiger partial charge in [-0.2, -0.15) is 10.2 Å². The first-order chi connectivity index (χ1) is 6.85. The number of hydrazone groups is 2. The van der Waals surface area contributed by atoms with Gasteiger partial charge in [0, 0.05) is 10.8 Å². The third-order valence-corrected chi connectivity index (χ3v) is 3.37. The maximum atomic E-state index is 5.49. The minimum absolute atomic E-state index is 0.0271. The van der Waals surface area contributed by atoms with Crippen LogP contribution in [0.15, 0.2) is 10.2 Å². The normalized spacial score (nSPS) is 30.4. The van der Waals surface area contributed by atoms with Crippen molar-refractivity contribution in [3.63, 3.8) is 0 Å². The quantitative estimate of drug-likeness (QED) is 0.363. The highest BCUT2D eigenvalue weighted by Crippen LogP contribution is 2.38. The van der Waals surface area contributed by atoms with Gasteiger partial charge in [0.05, 0.1) is 11.4 Å². The van der Waals surface area contributed by atoms with E-state index in [-0.39, 0.29) is 10.8 Å². The minimum atomic E-state index is -0.0271. The zero-order valence-corrected chi connectivity index (χ0v) is 10.2. The molecule has 0 heterocycles. The van der Waals surface area contributed by atoms with E-state index in [9.17, 15) is 0 Å². The summed E-state index contributed by atoms with van der Waals surface area (Å²) >= 11 is 0. The van der Waals surface area contributed by atoms with Crippen LogP contribution in [0.5, 0.6) is 0 Å². The lowest BCUT2D eigenvalue weighted by Gasteiger charge is -2.28. The van der Waals surface area contributed by atoms with Crippen LogP contribution in [0.3, 0.4) is 0 Å². The van der Waals surface area contributed by atoms with Crippen molar-refractivity contribution in [3.8, 4) is 0 Å². The second-order valence-electron chi connectivity index (χ2n) is 5.58. The van der Waals surface area contributed by atoms with Gasteiger partial charge in [-0.05, 0) is 12.8 Å². The Balaban J connectivity index is 3.24. The molecule has 0 unspecified atom stereocenters. The highest BCUT2D eigenvalue weighted by atomic mass is 15.2. The van der Waals surface area contributed by atoms with Crippen LogP contribution in [0.1, 0.15) is 47.0 Å². The second-order valence-corrected chi connectivity index (χ2v) is 5.58. The molecule has 0 aromatic rings. The maximum absolute atomic E-state index is 5.49.